The average molecular weight is 501 g/mol. The van der Waals surface area contributed by atoms with Crippen molar-refractivity contribution in [3.05, 3.63) is 35.4 Å². The third kappa shape index (κ3) is 6.51. The van der Waals surface area contributed by atoms with Crippen LogP contribution in [0.2, 0.25) is 5.02 Å². The molecule has 0 fully saturated rings. The Morgan fingerprint density at radius 1 is 0.966 bits per heavy atom. The standard InChI is InChI=1S/C19H21Cl3N4O.2ClH/c1-27-17-5-4-15-19(25-17)18(14-3-2-13(22)12-16(14)24-15)23-8-11-26(9-6-20)10-7-21;;/h2-5,12H,6-11H2,1H3,(H,23,24);2*1H. The molecule has 2 aromatic heterocycles. The number of fused-ring (bicyclic) bond motifs is 2. The third-order valence-electron chi connectivity index (χ3n) is 4.30. The van der Waals surface area contributed by atoms with Gasteiger partial charge in [-0.1, -0.05) is 11.6 Å². The van der Waals surface area contributed by atoms with Crippen molar-refractivity contribution < 1.29 is 4.74 Å². The topological polar surface area (TPSA) is 50.3 Å². The van der Waals surface area contributed by atoms with Crippen LogP contribution in [0.4, 0.5) is 5.69 Å². The molecule has 0 spiro atoms. The summed E-state index contributed by atoms with van der Waals surface area (Å²) in [5, 5.41) is 5.14. The molecule has 3 aromatic rings. The monoisotopic (exact) mass is 498 g/mol. The third-order valence-corrected chi connectivity index (χ3v) is 4.87. The summed E-state index contributed by atoms with van der Waals surface area (Å²) < 4.78 is 5.29. The van der Waals surface area contributed by atoms with Gasteiger partial charge in [-0.3, -0.25) is 4.90 Å². The van der Waals surface area contributed by atoms with Gasteiger partial charge in [0.05, 0.1) is 23.8 Å². The second-order valence-corrected chi connectivity index (χ2v) is 7.21. The minimum absolute atomic E-state index is 0. The van der Waals surface area contributed by atoms with Crippen molar-refractivity contribution in [2.45, 2.75) is 0 Å². The number of hydrogen-bond donors (Lipinski definition) is 1. The number of halogens is 5. The summed E-state index contributed by atoms with van der Waals surface area (Å²) in [5.74, 6) is 1.71. The Morgan fingerprint density at radius 3 is 2.34 bits per heavy atom. The number of benzene rings is 1. The van der Waals surface area contributed by atoms with Gasteiger partial charge in [-0.2, -0.15) is 0 Å². The highest BCUT2D eigenvalue weighted by Gasteiger charge is 2.12. The quantitative estimate of drug-likeness (QED) is 0.311. The van der Waals surface area contributed by atoms with Crippen LogP contribution in [0.1, 0.15) is 0 Å². The molecule has 160 valence electrons. The first kappa shape index (κ1) is 26.1. The van der Waals surface area contributed by atoms with E-state index in [1.165, 1.54) is 0 Å². The molecule has 0 atom stereocenters. The van der Waals surface area contributed by atoms with Crippen molar-refractivity contribution in [1.82, 2.24) is 14.9 Å². The van der Waals surface area contributed by atoms with Crippen LogP contribution in [0.3, 0.4) is 0 Å². The van der Waals surface area contributed by atoms with E-state index < -0.39 is 0 Å². The second-order valence-electron chi connectivity index (χ2n) is 6.02. The maximum atomic E-state index is 6.16. The molecule has 0 radical (unpaired) electrons. The summed E-state index contributed by atoms with van der Waals surface area (Å²) in [6, 6.07) is 9.39. The van der Waals surface area contributed by atoms with Gasteiger partial charge in [-0.25, -0.2) is 9.97 Å². The minimum Gasteiger partial charge on any atom is -0.481 e. The van der Waals surface area contributed by atoms with Crippen molar-refractivity contribution in [2.24, 2.45) is 0 Å². The highest BCUT2D eigenvalue weighted by Crippen LogP contribution is 2.32. The van der Waals surface area contributed by atoms with Gasteiger partial charge in [-0.05, 0) is 24.3 Å². The van der Waals surface area contributed by atoms with Gasteiger partial charge in [0.15, 0.2) is 0 Å². The Bertz CT molecular complexity index is 922. The summed E-state index contributed by atoms with van der Waals surface area (Å²) in [7, 11) is 1.60. The first-order valence-corrected chi connectivity index (χ1v) is 10.1. The summed E-state index contributed by atoms with van der Waals surface area (Å²) in [4.78, 5) is 11.5. The van der Waals surface area contributed by atoms with Crippen molar-refractivity contribution in [3.63, 3.8) is 0 Å². The Hall–Kier alpha value is -0.950. The predicted molar refractivity (Wildman–Crippen MR) is 129 cm³/mol. The normalized spacial score (nSPS) is 10.7. The van der Waals surface area contributed by atoms with E-state index in [0.29, 0.717) is 22.7 Å². The van der Waals surface area contributed by atoms with Crippen LogP contribution in [-0.4, -0.2) is 59.9 Å². The molecule has 0 unspecified atom stereocenters. The number of alkyl halides is 2. The molecule has 1 N–H and O–H groups in total. The molecule has 0 aliphatic heterocycles. The average Bonchev–Trinajstić information content (AvgIpc) is 2.67. The van der Waals surface area contributed by atoms with E-state index in [1.807, 2.05) is 24.3 Å². The summed E-state index contributed by atoms with van der Waals surface area (Å²) >= 11 is 17.9. The lowest BCUT2D eigenvalue weighted by atomic mass is 10.1. The van der Waals surface area contributed by atoms with Crippen LogP contribution in [-0.2, 0) is 0 Å². The fourth-order valence-corrected chi connectivity index (χ4v) is 3.62. The molecule has 10 heteroatoms. The van der Waals surface area contributed by atoms with E-state index in [2.05, 4.69) is 20.2 Å². The van der Waals surface area contributed by atoms with E-state index in [-0.39, 0.29) is 24.8 Å². The maximum Gasteiger partial charge on any atom is 0.213 e. The second kappa shape index (κ2) is 12.7. The minimum atomic E-state index is 0. The smallest absolute Gasteiger partial charge is 0.213 e. The molecule has 0 saturated carbocycles. The molecule has 0 aliphatic rings. The lowest BCUT2D eigenvalue weighted by Gasteiger charge is -2.21. The number of nitrogens with one attached hydrogen (secondary N) is 1. The van der Waals surface area contributed by atoms with Gasteiger partial charge >= 0.3 is 0 Å². The van der Waals surface area contributed by atoms with Gasteiger partial charge in [0.1, 0.15) is 5.52 Å². The van der Waals surface area contributed by atoms with Crippen LogP contribution >= 0.6 is 59.6 Å². The number of hydrogen-bond acceptors (Lipinski definition) is 5. The number of pyridine rings is 2. The predicted octanol–water partition coefficient (Wildman–Crippen LogP) is 5.48. The molecule has 29 heavy (non-hydrogen) atoms. The Balaban J connectivity index is 0.00000210. The lowest BCUT2D eigenvalue weighted by Crippen LogP contribution is -2.32. The Kier molecular flexibility index (Phi) is 11.4. The summed E-state index contributed by atoms with van der Waals surface area (Å²) in [5.41, 5.74) is 3.29. The number of methoxy groups -OCH3 is 1. The van der Waals surface area contributed by atoms with Crippen molar-refractivity contribution in [1.29, 1.82) is 0 Å². The zero-order valence-corrected chi connectivity index (χ0v) is 19.7. The number of rotatable bonds is 9. The van der Waals surface area contributed by atoms with Gasteiger partial charge in [0.25, 0.3) is 0 Å². The lowest BCUT2D eigenvalue weighted by molar-refractivity contribution is 0.319. The molecule has 0 aliphatic carbocycles. The summed E-state index contributed by atoms with van der Waals surface area (Å²) in [6.45, 7) is 3.15. The maximum absolute atomic E-state index is 6.16. The van der Waals surface area contributed by atoms with Crippen LogP contribution in [0.25, 0.3) is 21.9 Å². The molecule has 0 amide bonds. The Morgan fingerprint density at radius 2 is 1.69 bits per heavy atom. The highest BCUT2D eigenvalue weighted by atomic mass is 35.5. The molecule has 1 aromatic carbocycles. The number of ether oxygens (including phenoxy) is 1. The largest absolute Gasteiger partial charge is 0.481 e. The molecule has 2 heterocycles. The SMILES string of the molecule is COc1ccc2nc3cc(Cl)ccc3c(NCCN(CCCl)CCCl)c2n1.Cl.Cl. The van der Waals surface area contributed by atoms with E-state index in [9.17, 15) is 0 Å². The Labute approximate surface area is 197 Å². The fourth-order valence-electron chi connectivity index (χ4n) is 2.98. The molecule has 0 saturated heterocycles. The number of nitrogens with zero attached hydrogens (tertiary/aromatic N) is 3. The number of aromatic nitrogens is 2. The van der Waals surface area contributed by atoms with Crippen LogP contribution in [0.5, 0.6) is 5.88 Å². The van der Waals surface area contributed by atoms with E-state index >= 15 is 0 Å². The van der Waals surface area contributed by atoms with Crippen LogP contribution in [0.15, 0.2) is 30.3 Å². The van der Waals surface area contributed by atoms with E-state index in [4.69, 9.17) is 39.5 Å². The van der Waals surface area contributed by atoms with Gasteiger partial charge < -0.3 is 10.1 Å². The van der Waals surface area contributed by atoms with Crippen molar-refractivity contribution >= 4 is 87.2 Å². The van der Waals surface area contributed by atoms with E-state index in [1.54, 1.807) is 13.2 Å². The zero-order valence-electron chi connectivity index (χ0n) is 15.8. The number of anilines is 1. The van der Waals surface area contributed by atoms with Gasteiger partial charge in [-0.15, -0.1) is 48.0 Å². The summed E-state index contributed by atoms with van der Waals surface area (Å²) in [6.07, 6.45) is 0. The first-order valence-electron chi connectivity index (χ1n) is 8.68. The van der Waals surface area contributed by atoms with Gasteiger partial charge in [0, 0.05) is 54.4 Å². The molecule has 0 bridgehead atoms. The molecule has 3 rings (SSSR count). The highest BCUT2D eigenvalue weighted by molar-refractivity contribution is 6.31. The molecular weight excluding hydrogens is 478 g/mol. The van der Waals surface area contributed by atoms with Crippen LogP contribution < -0.4 is 10.1 Å². The molecular formula is C19H23Cl5N4O. The molecule has 5 nitrogen and oxygen atoms in total. The van der Waals surface area contributed by atoms with Gasteiger partial charge in [0.2, 0.25) is 5.88 Å². The van der Waals surface area contributed by atoms with Crippen molar-refractivity contribution in [3.8, 4) is 5.88 Å². The fraction of sp³-hybridized carbons (Fsp3) is 0.368. The van der Waals surface area contributed by atoms with Crippen LogP contribution in [0, 0.1) is 0 Å². The van der Waals surface area contributed by atoms with E-state index in [0.717, 1.165) is 53.8 Å². The van der Waals surface area contributed by atoms with Crippen molar-refractivity contribution in [2.75, 3.05) is 50.4 Å². The zero-order chi connectivity index (χ0) is 19.2. The first-order chi connectivity index (χ1) is 13.2.